The van der Waals surface area contributed by atoms with E-state index in [1.54, 1.807) is 42.3 Å². The lowest BCUT2D eigenvalue weighted by molar-refractivity contribution is -0.123. The maximum atomic E-state index is 12.9. The van der Waals surface area contributed by atoms with Gasteiger partial charge in [0.25, 0.3) is 0 Å². The van der Waals surface area contributed by atoms with Crippen molar-refractivity contribution in [3.05, 3.63) is 84.3 Å². The second-order valence-corrected chi connectivity index (χ2v) is 8.79. The molecule has 0 bridgehead atoms. The molecule has 0 radical (unpaired) electrons. The average Bonchev–Trinajstić information content (AvgIpc) is 3.38. The van der Waals surface area contributed by atoms with Gasteiger partial charge in [0.05, 0.1) is 23.4 Å². The molecule has 1 aromatic heterocycles. The van der Waals surface area contributed by atoms with Crippen molar-refractivity contribution >= 4 is 41.0 Å². The quantitative estimate of drug-likeness (QED) is 0.460. The third-order valence-electron chi connectivity index (χ3n) is 5.28. The summed E-state index contributed by atoms with van der Waals surface area (Å²) in [6.45, 7) is 0.612. The predicted octanol–water partition coefficient (Wildman–Crippen LogP) is 3.39. The van der Waals surface area contributed by atoms with Crippen molar-refractivity contribution in [1.29, 1.82) is 0 Å². The van der Waals surface area contributed by atoms with Gasteiger partial charge in [0.2, 0.25) is 11.8 Å². The van der Waals surface area contributed by atoms with Crippen LogP contribution in [0.25, 0.3) is 0 Å². The number of fused-ring (bicyclic) bond motifs is 1. The molecule has 0 saturated heterocycles. The molecule has 0 atom stereocenters. The molecule has 0 spiro atoms. The first kappa shape index (κ1) is 23.4. The number of furan rings is 1. The fourth-order valence-electron chi connectivity index (χ4n) is 3.61. The van der Waals surface area contributed by atoms with Crippen molar-refractivity contribution in [2.75, 3.05) is 35.2 Å². The van der Waals surface area contributed by atoms with Gasteiger partial charge in [-0.3, -0.25) is 19.4 Å². The van der Waals surface area contributed by atoms with Crippen LogP contribution in [0.2, 0.25) is 0 Å². The van der Waals surface area contributed by atoms with Crippen LogP contribution in [0.5, 0.6) is 0 Å². The summed E-state index contributed by atoms with van der Waals surface area (Å²) in [7, 11) is 0. The Bertz CT molecular complexity index is 1120. The Kier molecular flexibility index (Phi) is 7.87. The van der Waals surface area contributed by atoms with E-state index in [-0.39, 0.29) is 30.9 Å². The Morgan fingerprint density at radius 1 is 0.941 bits per heavy atom. The van der Waals surface area contributed by atoms with E-state index >= 15 is 0 Å². The molecule has 34 heavy (non-hydrogen) atoms. The molecule has 4 amide bonds. The van der Waals surface area contributed by atoms with Crippen molar-refractivity contribution in [3.63, 3.8) is 0 Å². The molecule has 2 heterocycles. The molecule has 8 nitrogen and oxygen atoms in total. The van der Waals surface area contributed by atoms with E-state index in [4.69, 9.17) is 4.42 Å². The van der Waals surface area contributed by atoms with Gasteiger partial charge in [-0.05, 0) is 29.8 Å². The van der Waals surface area contributed by atoms with Crippen LogP contribution in [0, 0.1) is 0 Å². The number of hydrogen-bond acceptors (Lipinski definition) is 5. The van der Waals surface area contributed by atoms with Crippen molar-refractivity contribution in [3.8, 4) is 0 Å². The van der Waals surface area contributed by atoms with E-state index in [1.165, 1.54) is 9.80 Å². The van der Waals surface area contributed by atoms with E-state index in [0.717, 1.165) is 22.8 Å². The summed E-state index contributed by atoms with van der Waals surface area (Å²) in [6, 6.07) is 20.1. The molecule has 2 aromatic carbocycles. The van der Waals surface area contributed by atoms with Gasteiger partial charge in [-0.25, -0.2) is 4.79 Å². The maximum Gasteiger partial charge on any atom is 0.322 e. The number of anilines is 2. The molecular weight excluding hydrogens is 452 g/mol. The fourth-order valence-corrected chi connectivity index (χ4v) is 4.37. The molecule has 2 N–H and O–H groups in total. The summed E-state index contributed by atoms with van der Waals surface area (Å²) in [5.41, 5.74) is 2.10. The summed E-state index contributed by atoms with van der Waals surface area (Å²) in [6.07, 6.45) is 1.64. The minimum absolute atomic E-state index is 0.0990. The van der Waals surface area contributed by atoms with Crippen LogP contribution in [-0.2, 0) is 21.9 Å². The van der Waals surface area contributed by atoms with Crippen molar-refractivity contribution in [2.24, 2.45) is 0 Å². The zero-order chi connectivity index (χ0) is 23.8. The number of para-hydroxylation sites is 2. The van der Waals surface area contributed by atoms with Gasteiger partial charge in [0.15, 0.2) is 0 Å². The molecule has 0 saturated carbocycles. The molecule has 1 aliphatic rings. The van der Waals surface area contributed by atoms with Gasteiger partial charge < -0.3 is 15.1 Å². The van der Waals surface area contributed by atoms with Gasteiger partial charge >= 0.3 is 6.03 Å². The van der Waals surface area contributed by atoms with Crippen LogP contribution in [-0.4, -0.2) is 43.2 Å². The highest BCUT2D eigenvalue weighted by Crippen LogP contribution is 2.33. The van der Waals surface area contributed by atoms with Crippen LogP contribution in [0.15, 0.2) is 77.4 Å². The number of carbonyl (C=O) groups excluding carboxylic acids is 3. The van der Waals surface area contributed by atoms with E-state index in [1.807, 2.05) is 42.5 Å². The highest BCUT2D eigenvalue weighted by Gasteiger charge is 2.33. The second kappa shape index (κ2) is 11.4. The van der Waals surface area contributed by atoms with Crippen LogP contribution in [0.3, 0.4) is 0 Å². The number of amides is 4. The third kappa shape index (κ3) is 5.99. The van der Waals surface area contributed by atoms with Crippen LogP contribution in [0.1, 0.15) is 11.3 Å². The Labute approximate surface area is 202 Å². The molecule has 0 aliphatic carbocycles. The van der Waals surface area contributed by atoms with Crippen LogP contribution in [0.4, 0.5) is 16.2 Å². The Morgan fingerprint density at radius 2 is 1.71 bits per heavy atom. The first-order valence-electron chi connectivity index (χ1n) is 11.0. The molecule has 4 rings (SSSR count). The molecule has 9 heteroatoms. The van der Waals surface area contributed by atoms with E-state index in [0.29, 0.717) is 24.5 Å². The Morgan fingerprint density at radius 3 is 2.47 bits per heavy atom. The molecule has 1 aliphatic heterocycles. The first-order chi connectivity index (χ1) is 16.6. The monoisotopic (exact) mass is 478 g/mol. The number of hydrogen-bond donors (Lipinski definition) is 2. The molecule has 3 aromatic rings. The number of nitrogens with one attached hydrogen (secondary N) is 2. The Hall–Kier alpha value is -3.72. The summed E-state index contributed by atoms with van der Waals surface area (Å²) < 4.78 is 5.29. The lowest BCUT2D eigenvalue weighted by Gasteiger charge is -2.35. The summed E-state index contributed by atoms with van der Waals surface area (Å²) in [5.74, 6) is 1.80. The minimum atomic E-state index is -0.359. The smallest absolute Gasteiger partial charge is 0.322 e. The van der Waals surface area contributed by atoms with E-state index < -0.39 is 0 Å². The number of nitrogens with zero attached hydrogens (tertiary/aromatic N) is 2. The highest BCUT2D eigenvalue weighted by molar-refractivity contribution is 7.98. The van der Waals surface area contributed by atoms with Crippen molar-refractivity contribution in [2.45, 2.75) is 12.3 Å². The number of urea groups is 1. The first-order valence-corrected chi connectivity index (χ1v) is 12.1. The number of benzene rings is 2. The molecule has 176 valence electrons. The largest absolute Gasteiger partial charge is 0.468 e. The molecule has 0 unspecified atom stereocenters. The zero-order valence-electron chi connectivity index (χ0n) is 18.6. The van der Waals surface area contributed by atoms with Gasteiger partial charge in [-0.2, -0.15) is 11.8 Å². The van der Waals surface area contributed by atoms with Crippen LogP contribution < -0.4 is 20.4 Å². The van der Waals surface area contributed by atoms with Gasteiger partial charge in [-0.15, -0.1) is 0 Å². The summed E-state index contributed by atoms with van der Waals surface area (Å²) >= 11 is 1.65. The van der Waals surface area contributed by atoms with Gasteiger partial charge in [-0.1, -0.05) is 42.5 Å². The second-order valence-electron chi connectivity index (χ2n) is 7.68. The van der Waals surface area contributed by atoms with E-state index in [2.05, 4.69) is 10.6 Å². The summed E-state index contributed by atoms with van der Waals surface area (Å²) in [5, 5.41) is 5.72. The fraction of sp³-hybridized carbons (Fsp3) is 0.240. The number of rotatable bonds is 9. The average molecular weight is 479 g/mol. The molecular formula is C25H26N4O4S. The lowest BCUT2D eigenvalue weighted by Crippen LogP contribution is -2.53. The molecule has 0 fully saturated rings. The maximum absolute atomic E-state index is 12.9. The normalized spacial score (nSPS) is 12.9. The number of thioether (sulfide) groups is 1. The van der Waals surface area contributed by atoms with E-state index in [9.17, 15) is 14.4 Å². The standard InChI is InChI=1S/C25H26N4O4S/c30-23(26-12-14-34-18-20-9-6-13-33-20)16-28-21-10-4-5-11-22(21)29(17-24(28)31)25(32)27-15-19-7-2-1-3-8-19/h1-11,13H,12,14-18H2,(H,26,30)(H,27,32). The van der Waals surface area contributed by atoms with Crippen LogP contribution >= 0.6 is 11.8 Å². The lowest BCUT2D eigenvalue weighted by atomic mass is 10.1. The SMILES string of the molecule is O=C(CN1C(=O)CN(C(=O)NCc2ccccc2)c2ccccc21)NCCSCc1ccco1. The predicted molar refractivity (Wildman–Crippen MR) is 133 cm³/mol. The Balaban J connectivity index is 1.32. The van der Waals surface area contributed by atoms with Gasteiger partial charge in [0.1, 0.15) is 18.8 Å². The highest BCUT2D eigenvalue weighted by atomic mass is 32.2. The zero-order valence-corrected chi connectivity index (χ0v) is 19.4. The topological polar surface area (TPSA) is 94.9 Å². The van der Waals surface area contributed by atoms with Crippen molar-refractivity contribution < 1.29 is 18.8 Å². The summed E-state index contributed by atoms with van der Waals surface area (Å²) in [4.78, 5) is 41.1. The third-order valence-corrected chi connectivity index (χ3v) is 6.27. The van der Waals surface area contributed by atoms with Gasteiger partial charge in [0, 0.05) is 18.8 Å². The minimum Gasteiger partial charge on any atom is -0.468 e. The van der Waals surface area contributed by atoms with Crippen molar-refractivity contribution in [1.82, 2.24) is 10.6 Å². The number of carbonyl (C=O) groups is 3.